The summed E-state index contributed by atoms with van der Waals surface area (Å²) < 4.78 is 28.2. The van der Waals surface area contributed by atoms with Gasteiger partial charge in [-0.2, -0.15) is 0 Å². The van der Waals surface area contributed by atoms with Gasteiger partial charge < -0.3 is 15.0 Å². The Hall–Kier alpha value is -1.80. The second-order valence-corrected chi connectivity index (χ2v) is 9.21. The van der Waals surface area contributed by atoms with E-state index >= 15 is 0 Å². The van der Waals surface area contributed by atoms with Crippen LogP contribution in [-0.4, -0.2) is 81.6 Å². The highest BCUT2D eigenvalue weighted by Gasteiger charge is 2.30. The summed E-state index contributed by atoms with van der Waals surface area (Å²) in [6.07, 6.45) is 1.47. The molecular formula is C18H27N3O4S. The standard InChI is InChI=1S/C18H27N3O4S/c1-25-17-4-2-3-15(13-17)5-7-20-8-10-21(11-9-20)18(22)19-16-6-12-26(23,24)14-16/h2-4,13,16H,5-12,14H2,1H3,(H,19,22). The third kappa shape index (κ3) is 5.11. The average Bonchev–Trinajstić information content (AvgIpc) is 2.99. The van der Waals surface area contributed by atoms with Crippen molar-refractivity contribution in [2.75, 3.05) is 51.3 Å². The molecule has 1 N–H and O–H groups in total. The van der Waals surface area contributed by atoms with Gasteiger partial charge in [-0.1, -0.05) is 12.1 Å². The average molecular weight is 381 g/mol. The van der Waals surface area contributed by atoms with Crippen molar-refractivity contribution in [1.82, 2.24) is 15.1 Å². The van der Waals surface area contributed by atoms with Crippen LogP contribution < -0.4 is 10.1 Å². The summed E-state index contributed by atoms with van der Waals surface area (Å²) in [5.41, 5.74) is 1.24. The Kier molecular flexibility index (Phi) is 6.03. The van der Waals surface area contributed by atoms with E-state index in [1.807, 2.05) is 12.1 Å². The van der Waals surface area contributed by atoms with Crippen LogP contribution in [0.1, 0.15) is 12.0 Å². The number of sulfone groups is 1. The Balaban J connectivity index is 1.40. The maximum absolute atomic E-state index is 12.3. The van der Waals surface area contributed by atoms with Crippen molar-refractivity contribution in [3.8, 4) is 5.75 Å². The number of carbonyl (C=O) groups excluding carboxylic acids is 1. The number of methoxy groups -OCH3 is 1. The highest BCUT2D eigenvalue weighted by molar-refractivity contribution is 7.91. The maximum Gasteiger partial charge on any atom is 0.317 e. The number of piperazine rings is 1. The predicted molar refractivity (Wildman–Crippen MR) is 100 cm³/mol. The first-order valence-corrected chi connectivity index (χ1v) is 10.9. The van der Waals surface area contributed by atoms with Gasteiger partial charge in [0.05, 0.1) is 18.6 Å². The summed E-state index contributed by atoms with van der Waals surface area (Å²) in [6, 6.07) is 7.72. The number of benzene rings is 1. The van der Waals surface area contributed by atoms with E-state index in [-0.39, 0.29) is 23.6 Å². The molecule has 1 atom stereocenters. The molecule has 3 rings (SSSR count). The molecule has 0 aromatic heterocycles. The number of rotatable bonds is 5. The molecule has 2 saturated heterocycles. The van der Waals surface area contributed by atoms with Crippen molar-refractivity contribution in [3.63, 3.8) is 0 Å². The first-order chi connectivity index (χ1) is 12.4. The Labute approximate surface area is 155 Å². The van der Waals surface area contributed by atoms with Gasteiger partial charge in [-0.3, -0.25) is 4.90 Å². The van der Waals surface area contributed by atoms with Crippen LogP contribution in [0.4, 0.5) is 4.79 Å². The molecule has 2 aliphatic rings. The summed E-state index contributed by atoms with van der Waals surface area (Å²) in [7, 11) is -1.30. The van der Waals surface area contributed by atoms with Crippen LogP contribution in [-0.2, 0) is 16.3 Å². The SMILES string of the molecule is COc1cccc(CCN2CCN(C(=O)NC3CCS(=O)(=O)C3)CC2)c1. The van der Waals surface area contributed by atoms with Crippen LogP contribution in [0.25, 0.3) is 0 Å². The van der Waals surface area contributed by atoms with Crippen molar-refractivity contribution >= 4 is 15.9 Å². The highest BCUT2D eigenvalue weighted by atomic mass is 32.2. The van der Waals surface area contributed by atoms with E-state index < -0.39 is 9.84 Å². The number of ether oxygens (including phenoxy) is 1. The van der Waals surface area contributed by atoms with Crippen LogP contribution in [0.15, 0.2) is 24.3 Å². The monoisotopic (exact) mass is 381 g/mol. The lowest BCUT2D eigenvalue weighted by Gasteiger charge is -2.35. The fraction of sp³-hybridized carbons (Fsp3) is 0.611. The van der Waals surface area contributed by atoms with Gasteiger partial charge in [0.25, 0.3) is 0 Å². The van der Waals surface area contributed by atoms with Gasteiger partial charge >= 0.3 is 6.03 Å². The van der Waals surface area contributed by atoms with Crippen molar-refractivity contribution in [2.45, 2.75) is 18.9 Å². The van der Waals surface area contributed by atoms with Gasteiger partial charge in [0.1, 0.15) is 5.75 Å². The number of amides is 2. The van der Waals surface area contributed by atoms with E-state index in [0.29, 0.717) is 19.5 Å². The molecule has 0 radical (unpaired) electrons. The quantitative estimate of drug-likeness (QED) is 0.814. The number of urea groups is 1. The molecule has 2 amide bonds. The fourth-order valence-corrected chi connectivity index (χ4v) is 5.14. The van der Waals surface area contributed by atoms with Crippen molar-refractivity contribution in [3.05, 3.63) is 29.8 Å². The summed E-state index contributed by atoms with van der Waals surface area (Å²) in [5.74, 6) is 1.12. The molecule has 0 aliphatic carbocycles. The van der Waals surface area contributed by atoms with Crippen LogP contribution in [0.3, 0.4) is 0 Å². The normalized spacial score (nSPS) is 23.0. The van der Waals surface area contributed by atoms with E-state index in [1.165, 1.54) is 5.56 Å². The van der Waals surface area contributed by atoms with E-state index in [1.54, 1.807) is 12.0 Å². The predicted octanol–water partition coefficient (Wildman–Crippen LogP) is 0.752. The minimum atomic E-state index is -2.97. The summed E-state index contributed by atoms with van der Waals surface area (Å²) in [5, 5.41) is 2.86. The molecule has 1 unspecified atom stereocenters. The zero-order valence-corrected chi connectivity index (χ0v) is 16.0. The highest BCUT2D eigenvalue weighted by Crippen LogP contribution is 2.14. The third-order valence-corrected chi connectivity index (χ3v) is 6.84. The van der Waals surface area contributed by atoms with E-state index in [0.717, 1.165) is 31.8 Å². The lowest BCUT2D eigenvalue weighted by atomic mass is 10.1. The summed E-state index contributed by atoms with van der Waals surface area (Å²) >= 11 is 0. The van der Waals surface area contributed by atoms with Crippen molar-refractivity contribution in [1.29, 1.82) is 0 Å². The summed E-state index contributed by atoms with van der Waals surface area (Å²) in [6.45, 7) is 3.96. The zero-order chi connectivity index (χ0) is 18.6. The molecule has 1 aromatic carbocycles. The summed E-state index contributed by atoms with van der Waals surface area (Å²) in [4.78, 5) is 16.4. The van der Waals surface area contributed by atoms with E-state index in [4.69, 9.17) is 4.74 Å². The largest absolute Gasteiger partial charge is 0.497 e. The molecule has 2 aliphatic heterocycles. The molecule has 0 saturated carbocycles. The van der Waals surface area contributed by atoms with Gasteiger partial charge in [-0.05, 0) is 30.5 Å². The second kappa shape index (κ2) is 8.26. The van der Waals surface area contributed by atoms with Crippen LogP contribution in [0.5, 0.6) is 5.75 Å². The Bertz CT molecular complexity index is 730. The van der Waals surface area contributed by atoms with Gasteiger partial charge in [0.15, 0.2) is 9.84 Å². The molecule has 2 heterocycles. The van der Waals surface area contributed by atoms with Gasteiger partial charge in [-0.15, -0.1) is 0 Å². The van der Waals surface area contributed by atoms with E-state index in [9.17, 15) is 13.2 Å². The Morgan fingerprint density at radius 3 is 2.69 bits per heavy atom. The Morgan fingerprint density at radius 1 is 1.27 bits per heavy atom. The van der Waals surface area contributed by atoms with Gasteiger partial charge in [0.2, 0.25) is 0 Å². The van der Waals surface area contributed by atoms with Gasteiger partial charge in [0, 0.05) is 38.8 Å². The molecule has 8 heteroatoms. The Morgan fingerprint density at radius 2 is 2.04 bits per heavy atom. The second-order valence-electron chi connectivity index (χ2n) is 6.98. The number of nitrogens with zero attached hydrogens (tertiary/aromatic N) is 2. The maximum atomic E-state index is 12.3. The molecule has 144 valence electrons. The topological polar surface area (TPSA) is 79.0 Å². The lowest BCUT2D eigenvalue weighted by Crippen LogP contribution is -2.53. The number of hydrogen-bond acceptors (Lipinski definition) is 5. The third-order valence-electron chi connectivity index (χ3n) is 5.07. The molecule has 7 nitrogen and oxygen atoms in total. The molecular weight excluding hydrogens is 354 g/mol. The minimum absolute atomic E-state index is 0.0687. The fourth-order valence-electron chi connectivity index (χ4n) is 3.46. The first-order valence-electron chi connectivity index (χ1n) is 9.06. The minimum Gasteiger partial charge on any atom is -0.497 e. The zero-order valence-electron chi connectivity index (χ0n) is 15.2. The molecule has 1 aromatic rings. The molecule has 26 heavy (non-hydrogen) atoms. The molecule has 0 spiro atoms. The van der Waals surface area contributed by atoms with E-state index in [2.05, 4.69) is 22.3 Å². The van der Waals surface area contributed by atoms with Crippen molar-refractivity contribution < 1.29 is 17.9 Å². The molecule has 0 bridgehead atoms. The number of nitrogens with one attached hydrogen (secondary N) is 1. The van der Waals surface area contributed by atoms with Crippen LogP contribution >= 0.6 is 0 Å². The molecule has 2 fully saturated rings. The smallest absolute Gasteiger partial charge is 0.317 e. The number of hydrogen-bond donors (Lipinski definition) is 1. The first kappa shape index (κ1) is 19.0. The number of carbonyl (C=O) groups is 1. The van der Waals surface area contributed by atoms with Crippen LogP contribution in [0.2, 0.25) is 0 Å². The van der Waals surface area contributed by atoms with Gasteiger partial charge in [-0.25, -0.2) is 13.2 Å². The lowest BCUT2D eigenvalue weighted by molar-refractivity contribution is 0.138. The van der Waals surface area contributed by atoms with Crippen molar-refractivity contribution in [2.24, 2.45) is 0 Å². The van der Waals surface area contributed by atoms with Crippen LogP contribution in [0, 0.1) is 0 Å².